The monoisotopic (exact) mass is 398 g/mol. The Bertz CT molecular complexity index is 909. The van der Waals surface area contributed by atoms with Gasteiger partial charge >= 0.3 is 0 Å². The summed E-state index contributed by atoms with van der Waals surface area (Å²) in [5.41, 5.74) is 2.34. The van der Waals surface area contributed by atoms with Crippen LogP contribution in [-0.2, 0) is 21.4 Å². The molecular formula is C18H20ClFN2O3S. The van der Waals surface area contributed by atoms with E-state index in [0.29, 0.717) is 10.7 Å². The first-order chi connectivity index (χ1) is 12.1. The van der Waals surface area contributed by atoms with E-state index in [9.17, 15) is 17.6 Å². The van der Waals surface area contributed by atoms with Crippen LogP contribution in [0, 0.1) is 19.7 Å². The standard InChI is InChI=1S/C18H20ClFN2O3S/c1-12-8-13(2)18(15(19)9-12)21-17(23)11-22(26(3,24)25)10-14-6-4-5-7-16(14)20/h4-9H,10-11H2,1-3H3,(H,21,23). The lowest BCUT2D eigenvalue weighted by atomic mass is 10.1. The highest BCUT2D eigenvalue weighted by Crippen LogP contribution is 2.27. The van der Waals surface area contributed by atoms with Crippen LogP contribution in [0.1, 0.15) is 16.7 Å². The van der Waals surface area contributed by atoms with Crippen molar-refractivity contribution in [1.29, 1.82) is 0 Å². The number of amides is 1. The molecule has 0 saturated heterocycles. The molecule has 0 aromatic heterocycles. The molecule has 0 bridgehead atoms. The van der Waals surface area contributed by atoms with Gasteiger partial charge in [0.25, 0.3) is 0 Å². The predicted molar refractivity (Wildman–Crippen MR) is 101 cm³/mol. The quantitative estimate of drug-likeness (QED) is 0.809. The second-order valence-electron chi connectivity index (χ2n) is 6.11. The van der Waals surface area contributed by atoms with Crippen LogP contribution in [0.2, 0.25) is 5.02 Å². The van der Waals surface area contributed by atoms with Crippen LogP contribution in [0.4, 0.5) is 10.1 Å². The van der Waals surface area contributed by atoms with E-state index in [0.717, 1.165) is 21.7 Å². The van der Waals surface area contributed by atoms with Gasteiger partial charge in [-0.2, -0.15) is 4.31 Å². The third-order valence-corrected chi connectivity index (χ3v) is 5.28. The minimum absolute atomic E-state index is 0.190. The third kappa shape index (κ3) is 5.27. The number of rotatable bonds is 6. The third-order valence-electron chi connectivity index (χ3n) is 3.79. The van der Waals surface area contributed by atoms with Gasteiger partial charge in [0.05, 0.1) is 23.5 Å². The van der Waals surface area contributed by atoms with Crippen molar-refractivity contribution in [3.8, 4) is 0 Å². The number of carbonyl (C=O) groups is 1. The zero-order chi connectivity index (χ0) is 19.5. The number of anilines is 1. The lowest BCUT2D eigenvalue weighted by molar-refractivity contribution is -0.116. The zero-order valence-electron chi connectivity index (χ0n) is 14.7. The molecular weight excluding hydrogens is 379 g/mol. The van der Waals surface area contributed by atoms with Gasteiger partial charge < -0.3 is 5.32 Å². The molecule has 0 saturated carbocycles. The molecule has 0 fully saturated rings. The fraction of sp³-hybridized carbons (Fsp3) is 0.278. The van der Waals surface area contributed by atoms with Crippen molar-refractivity contribution >= 4 is 33.2 Å². The highest BCUT2D eigenvalue weighted by molar-refractivity contribution is 7.88. The number of nitrogens with zero attached hydrogens (tertiary/aromatic N) is 1. The minimum Gasteiger partial charge on any atom is -0.323 e. The van der Waals surface area contributed by atoms with Gasteiger partial charge in [-0.25, -0.2) is 12.8 Å². The van der Waals surface area contributed by atoms with Crippen molar-refractivity contribution in [2.24, 2.45) is 0 Å². The van der Waals surface area contributed by atoms with Crippen molar-refractivity contribution in [1.82, 2.24) is 4.31 Å². The summed E-state index contributed by atoms with van der Waals surface area (Å²) in [6, 6.07) is 9.40. The summed E-state index contributed by atoms with van der Waals surface area (Å²) in [5.74, 6) is -1.08. The van der Waals surface area contributed by atoms with E-state index in [1.807, 2.05) is 13.0 Å². The van der Waals surface area contributed by atoms with Gasteiger partial charge in [0.15, 0.2) is 0 Å². The van der Waals surface area contributed by atoms with Crippen LogP contribution >= 0.6 is 11.6 Å². The van der Waals surface area contributed by atoms with Gasteiger partial charge in [0.2, 0.25) is 15.9 Å². The molecule has 0 heterocycles. The molecule has 2 rings (SSSR count). The molecule has 1 amide bonds. The second-order valence-corrected chi connectivity index (χ2v) is 8.50. The summed E-state index contributed by atoms with van der Waals surface area (Å²) in [5, 5.41) is 3.01. The molecule has 5 nitrogen and oxygen atoms in total. The molecule has 140 valence electrons. The Hall–Kier alpha value is -1.96. The van der Waals surface area contributed by atoms with E-state index < -0.39 is 28.3 Å². The lowest BCUT2D eigenvalue weighted by Crippen LogP contribution is -2.37. The average molecular weight is 399 g/mol. The van der Waals surface area contributed by atoms with Crippen LogP contribution in [0.25, 0.3) is 0 Å². The van der Waals surface area contributed by atoms with E-state index in [4.69, 9.17) is 11.6 Å². The topological polar surface area (TPSA) is 66.5 Å². The number of nitrogens with one attached hydrogen (secondary N) is 1. The Balaban J connectivity index is 2.19. The van der Waals surface area contributed by atoms with Crippen molar-refractivity contribution in [2.45, 2.75) is 20.4 Å². The summed E-state index contributed by atoms with van der Waals surface area (Å²) < 4.78 is 38.8. The highest BCUT2D eigenvalue weighted by Gasteiger charge is 2.22. The maximum atomic E-state index is 13.8. The summed E-state index contributed by atoms with van der Waals surface area (Å²) in [4.78, 5) is 12.4. The molecule has 8 heteroatoms. The molecule has 26 heavy (non-hydrogen) atoms. The molecule has 0 spiro atoms. The number of benzene rings is 2. The van der Waals surface area contributed by atoms with Crippen LogP contribution in [0.5, 0.6) is 0 Å². The van der Waals surface area contributed by atoms with Gasteiger partial charge in [0.1, 0.15) is 5.82 Å². The molecule has 0 aliphatic carbocycles. The molecule has 0 radical (unpaired) electrons. The van der Waals surface area contributed by atoms with E-state index >= 15 is 0 Å². The SMILES string of the molecule is Cc1cc(C)c(NC(=O)CN(Cc2ccccc2F)S(C)(=O)=O)c(Cl)c1. The van der Waals surface area contributed by atoms with Crippen molar-refractivity contribution in [3.05, 3.63) is 63.9 Å². The number of carbonyl (C=O) groups excluding carboxylic acids is 1. The summed E-state index contributed by atoms with van der Waals surface area (Å²) >= 11 is 6.16. The molecule has 2 aromatic carbocycles. The summed E-state index contributed by atoms with van der Waals surface area (Å²) in [6.45, 7) is 2.99. The van der Waals surface area contributed by atoms with Gasteiger partial charge in [-0.05, 0) is 37.1 Å². The first-order valence-corrected chi connectivity index (χ1v) is 10.1. The molecule has 1 N–H and O–H groups in total. The Kier molecular flexibility index (Phi) is 6.39. The number of hydrogen-bond donors (Lipinski definition) is 1. The lowest BCUT2D eigenvalue weighted by Gasteiger charge is -2.20. The number of sulfonamides is 1. The van der Waals surface area contributed by atoms with Crippen molar-refractivity contribution in [3.63, 3.8) is 0 Å². The van der Waals surface area contributed by atoms with Crippen LogP contribution in [0.15, 0.2) is 36.4 Å². The van der Waals surface area contributed by atoms with E-state index in [1.165, 1.54) is 18.2 Å². The molecule has 0 atom stereocenters. The smallest absolute Gasteiger partial charge is 0.239 e. The maximum Gasteiger partial charge on any atom is 0.239 e. The number of halogens is 2. The van der Waals surface area contributed by atoms with Gasteiger partial charge in [-0.3, -0.25) is 4.79 Å². The average Bonchev–Trinajstić information content (AvgIpc) is 2.51. The van der Waals surface area contributed by atoms with Crippen molar-refractivity contribution < 1.29 is 17.6 Å². The Morgan fingerprint density at radius 3 is 2.46 bits per heavy atom. The number of aryl methyl sites for hydroxylation is 2. The van der Waals surface area contributed by atoms with E-state index in [2.05, 4.69) is 5.32 Å². The van der Waals surface area contributed by atoms with E-state index in [1.54, 1.807) is 19.1 Å². The predicted octanol–water partition coefficient (Wildman–Crippen LogP) is 3.50. The Morgan fingerprint density at radius 1 is 1.23 bits per heavy atom. The molecule has 0 aliphatic rings. The first kappa shape index (κ1) is 20.4. The summed E-state index contributed by atoms with van der Waals surface area (Å²) in [6.07, 6.45) is 0.977. The maximum absolute atomic E-state index is 13.8. The second kappa shape index (κ2) is 8.16. The Morgan fingerprint density at radius 2 is 1.88 bits per heavy atom. The van der Waals surface area contributed by atoms with Crippen LogP contribution < -0.4 is 5.32 Å². The Labute approximate surface area is 157 Å². The zero-order valence-corrected chi connectivity index (χ0v) is 16.3. The minimum atomic E-state index is -3.72. The fourth-order valence-corrected chi connectivity index (χ4v) is 3.61. The van der Waals surface area contributed by atoms with Gasteiger partial charge in [0, 0.05) is 12.1 Å². The van der Waals surface area contributed by atoms with Gasteiger partial charge in [-0.15, -0.1) is 0 Å². The first-order valence-electron chi connectivity index (χ1n) is 7.83. The van der Waals surface area contributed by atoms with Crippen LogP contribution in [0.3, 0.4) is 0 Å². The fourth-order valence-electron chi connectivity index (χ4n) is 2.52. The largest absolute Gasteiger partial charge is 0.323 e. The molecule has 0 unspecified atom stereocenters. The normalized spacial score (nSPS) is 11.6. The van der Waals surface area contributed by atoms with Gasteiger partial charge in [-0.1, -0.05) is 35.9 Å². The van der Waals surface area contributed by atoms with E-state index in [-0.39, 0.29) is 12.1 Å². The molecule has 2 aromatic rings. The summed E-state index contributed by atoms with van der Waals surface area (Å²) in [7, 11) is -3.72. The van der Waals surface area contributed by atoms with Crippen LogP contribution in [-0.4, -0.2) is 31.4 Å². The van der Waals surface area contributed by atoms with Crippen molar-refractivity contribution in [2.75, 3.05) is 18.1 Å². The number of hydrogen-bond acceptors (Lipinski definition) is 3. The highest BCUT2D eigenvalue weighted by atomic mass is 35.5. The molecule has 0 aliphatic heterocycles.